The Morgan fingerprint density at radius 1 is 1.10 bits per heavy atom. The first-order valence-corrected chi connectivity index (χ1v) is 8.71. The van der Waals surface area contributed by atoms with Crippen molar-refractivity contribution in [3.63, 3.8) is 0 Å². The molecule has 1 N–H and O–H groups in total. The molecular weight excluding hydrogens is 248 g/mol. The van der Waals surface area contributed by atoms with E-state index in [9.17, 15) is 4.79 Å². The van der Waals surface area contributed by atoms with Gasteiger partial charge in [-0.25, -0.2) is 0 Å². The maximum absolute atomic E-state index is 12.1. The maximum atomic E-state index is 12.1. The molecule has 2 fully saturated rings. The Labute approximate surface area is 124 Å². The Balaban J connectivity index is 1.97. The van der Waals surface area contributed by atoms with E-state index in [2.05, 4.69) is 17.1 Å². The lowest BCUT2D eigenvalue weighted by atomic mass is 9.79. The molecule has 3 nitrogen and oxygen atoms in total. The lowest BCUT2D eigenvalue weighted by Crippen LogP contribution is -2.58. The van der Waals surface area contributed by atoms with Gasteiger partial charge in [-0.1, -0.05) is 39.5 Å². The van der Waals surface area contributed by atoms with E-state index in [1.54, 1.807) is 0 Å². The monoisotopic (exact) mass is 280 g/mol. The fourth-order valence-corrected chi connectivity index (χ4v) is 3.79. The van der Waals surface area contributed by atoms with Gasteiger partial charge < -0.3 is 5.32 Å². The molecule has 2 rings (SSSR count). The summed E-state index contributed by atoms with van der Waals surface area (Å²) in [6, 6.07) is 0. The number of rotatable bonds is 5. The Hall–Kier alpha value is -0.570. The highest BCUT2D eigenvalue weighted by Gasteiger charge is 2.38. The molecule has 1 saturated carbocycles. The van der Waals surface area contributed by atoms with E-state index in [0.717, 1.165) is 13.0 Å². The Morgan fingerprint density at radius 3 is 2.30 bits per heavy atom. The predicted molar refractivity (Wildman–Crippen MR) is 83.7 cm³/mol. The van der Waals surface area contributed by atoms with E-state index in [-0.39, 0.29) is 17.4 Å². The highest BCUT2D eigenvalue weighted by Crippen LogP contribution is 2.35. The number of nitrogens with zero attached hydrogens (tertiary/aromatic N) is 1. The third kappa shape index (κ3) is 3.75. The topological polar surface area (TPSA) is 32.3 Å². The summed E-state index contributed by atoms with van der Waals surface area (Å²) in [4.78, 5) is 14.8. The predicted octanol–water partition coefficient (Wildman–Crippen LogP) is 3.34. The molecule has 0 aromatic rings. The fourth-order valence-electron chi connectivity index (χ4n) is 3.79. The van der Waals surface area contributed by atoms with E-state index < -0.39 is 0 Å². The molecule has 1 saturated heterocycles. The number of carbonyl (C=O) groups excluding carboxylic acids is 1. The minimum atomic E-state index is 0.150. The molecule has 0 aromatic heterocycles. The Kier molecular flexibility index (Phi) is 5.88. The molecule has 0 spiro atoms. The second kappa shape index (κ2) is 7.44. The van der Waals surface area contributed by atoms with Crippen molar-refractivity contribution < 1.29 is 4.79 Å². The molecule has 1 heterocycles. The van der Waals surface area contributed by atoms with Gasteiger partial charge in [0.1, 0.15) is 0 Å². The van der Waals surface area contributed by atoms with Crippen LogP contribution in [0.1, 0.15) is 71.6 Å². The van der Waals surface area contributed by atoms with Crippen LogP contribution in [0.5, 0.6) is 0 Å². The van der Waals surface area contributed by atoms with Crippen molar-refractivity contribution in [3.8, 4) is 0 Å². The van der Waals surface area contributed by atoms with Crippen molar-refractivity contribution in [2.45, 2.75) is 77.2 Å². The lowest BCUT2D eigenvalue weighted by molar-refractivity contribution is -0.125. The number of hydrogen-bond donors (Lipinski definition) is 1. The van der Waals surface area contributed by atoms with Gasteiger partial charge in [0.2, 0.25) is 5.91 Å². The van der Waals surface area contributed by atoms with Gasteiger partial charge in [-0.3, -0.25) is 9.69 Å². The summed E-state index contributed by atoms with van der Waals surface area (Å²) in [5.74, 6) is 0.395. The second-order valence-corrected chi connectivity index (χ2v) is 6.86. The summed E-state index contributed by atoms with van der Waals surface area (Å²) in [7, 11) is 0. The molecule has 116 valence electrons. The molecule has 0 bridgehead atoms. The van der Waals surface area contributed by atoms with E-state index in [0.29, 0.717) is 0 Å². The molecule has 1 amide bonds. The van der Waals surface area contributed by atoms with Crippen LogP contribution in [0, 0.1) is 5.92 Å². The minimum absolute atomic E-state index is 0.150. The molecule has 1 aliphatic heterocycles. The highest BCUT2D eigenvalue weighted by molar-refractivity contribution is 5.78. The number of amides is 1. The minimum Gasteiger partial charge on any atom is -0.354 e. The van der Waals surface area contributed by atoms with Crippen molar-refractivity contribution >= 4 is 5.91 Å². The SMILES string of the molecule is CCC(C)C(=O)NCC1(N2CCCCC2)CCCCC1. The van der Waals surface area contributed by atoms with Crippen LogP contribution in [0.4, 0.5) is 0 Å². The van der Waals surface area contributed by atoms with Gasteiger partial charge in [0.25, 0.3) is 0 Å². The maximum Gasteiger partial charge on any atom is 0.222 e. The molecule has 3 heteroatoms. The first kappa shape index (κ1) is 15.8. The Bertz CT molecular complexity index is 304. The standard InChI is InChI=1S/C17H32N2O/c1-3-15(2)16(20)18-14-17(10-6-4-7-11-17)19-12-8-5-9-13-19/h15H,3-14H2,1-2H3,(H,18,20). The van der Waals surface area contributed by atoms with Crippen molar-refractivity contribution in [2.24, 2.45) is 5.92 Å². The van der Waals surface area contributed by atoms with Crippen molar-refractivity contribution in [2.75, 3.05) is 19.6 Å². The largest absolute Gasteiger partial charge is 0.354 e. The highest BCUT2D eigenvalue weighted by atomic mass is 16.1. The van der Waals surface area contributed by atoms with Crippen LogP contribution in [0.2, 0.25) is 0 Å². The second-order valence-electron chi connectivity index (χ2n) is 6.86. The zero-order valence-electron chi connectivity index (χ0n) is 13.4. The van der Waals surface area contributed by atoms with Gasteiger partial charge >= 0.3 is 0 Å². The number of nitrogens with one attached hydrogen (secondary N) is 1. The zero-order valence-corrected chi connectivity index (χ0v) is 13.4. The smallest absolute Gasteiger partial charge is 0.222 e. The van der Waals surface area contributed by atoms with E-state index in [1.165, 1.54) is 64.5 Å². The molecular formula is C17H32N2O. The van der Waals surface area contributed by atoms with Crippen LogP contribution < -0.4 is 5.32 Å². The van der Waals surface area contributed by atoms with Crippen LogP contribution in [-0.4, -0.2) is 36.0 Å². The zero-order chi connectivity index (χ0) is 14.4. The summed E-state index contributed by atoms with van der Waals surface area (Å²) < 4.78 is 0. The van der Waals surface area contributed by atoms with Crippen molar-refractivity contribution in [1.29, 1.82) is 0 Å². The first-order chi connectivity index (χ1) is 9.68. The van der Waals surface area contributed by atoms with Gasteiger partial charge in [-0.2, -0.15) is 0 Å². The van der Waals surface area contributed by atoms with Crippen LogP contribution in [-0.2, 0) is 4.79 Å². The molecule has 20 heavy (non-hydrogen) atoms. The number of hydrogen-bond acceptors (Lipinski definition) is 2. The molecule has 1 atom stereocenters. The fraction of sp³-hybridized carbons (Fsp3) is 0.941. The first-order valence-electron chi connectivity index (χ1n) is 8.71. The summed E-state index contributed by atoms with van der Waals surface area (Å²) in [6.07, 6.45) is 11.6. The van der Waals surface area contributed by atoms with E-state index in [1.807, 2.05) is 6.92 Å². The molecule has 0 radical (unpaired) electrons. The lowest BCUT2D eigenvalue weighted by Gasteiger charge is -2.48. The van der Waals surface area contributed by atoms with Gasteiger partial charge in [0.05, 0.1) is 0 Å². The average Bonchev–Trinajstić information content (AvgIpc) is 2.53. The molecule has 1 aliphatic carbocycles. The Morgan fingerprint density at radius 2 is 1.70 bits per heavy atom. The van der Waals surface area contributed by atoms with E-state index >= 15 is 0 Å². The van der Waals surface area contributed by atoms with Gasteiger partial charge in [-0.15, -0.1) is 0 Å². The van der Waals surface area contributed by atoms with Crippen LogP contribution in [0.25, 0.3) is 0 Å². The summed E-state index contributed by atoms with van der Waals surface area (Å²) >= 11 is 0. The van der Waals surface area contributed by atoms with Crippen LogP contribution >= 0.6 is 0 Å². The average molecular weight is 280 g/mol. The molecule has 2 aliphatic rings. The normalized spacial score (nSPS) is 25.1. The van der Waals surface area contributed by atoms with Crippen molar-refractivity contribution in [1.82, 2.24) is 10.2 Å². The van der Waals surface area contributed by atoms with Crippen LogP contribution in [0.15, 0.2) is 0 Å². The third-order valence-electron chi connectivity index (χ3n) is 5.46. The molecule has 0 aromatic carbocycles. The quantitative estimate of drug-likeness (QED) is 0.837. The number of likely N-dealkylation sites (tertiary alicyclic amines) is 1. The summed E-state index contributed by atoms with van der Waals surface area (Å²) in [6.45, 7) is 7.46. The summed E-state index contributed by atoms with van der Waals surface area (Å²) in [5, 5.41) is 3.26. The van der Waals surface area contributed by atoms with Gasteiger partial charge in [-0.05, 0) is 45.2 Å². The molecule has 1 unspecified atom stereocenters. The third-order valence-corrected chi connectivity index (χ3v) is 5.46. The number of piperidine rings is 1. The van der Waals surface area contributed by atoms with Gasteiger partial charge in [0.15, 0.2) is 0 Å². The van der Waals surface area contributed by atoms with Crippen molar-refractivity contribution in [3.05, 3.63) is 0 Å². The van der Waals surface area contributed by atoms with Crippen LogP contribution in [0.3, 0.4) is 0 Å². The van der Waals surface area contributed by atoms with Gasteiger partial charge in [0, 0.05) is 18.0 Å². The number of carbonyl (C=O) groups is 1. The summed E-state index contributed by atoms with van der Waals surface area (Å²) in [5.41, 5.74) is 0.266. The van der Waals surface area contributed by atoms with E-state index in [4.69, 9.17) is 0 Å².